The maximum Gasteiger partial charge on any atom is 0.231 e. The largest absolute Gasteiger partial charge is 0.493 e. The van der Waals surface area contributed by atoms with E-state index in [4.69, 9.17) is 14.2 Å². The number of H-pyrrole nitrogens is 1. The van der Waals surface area contributed by atoms with Crippen molar-refractivity contribution < 1.29 is 14.2 Å². The van der Waals surface area contributed by atoms with Crippen molar-refractivity contribution in [3.05, 3.63) is 30.1 Å². The van der Waals surface area contributed by atoms with Crippen LogP contribution in [0.5, 0.6) is 17.2 Å². The van der Waals surface area contributed by atoms with Gasteiger partial charge in [-0.2, -0.15) is 5.10 Å². The van der Waals surface area contributed by atoms with Gasteiger partial charge in [-0.3, -0.25) is 5.10 Å². The quantitative estimate of drug-likeness (QED) is 0.861. The van der Waals surface area contributed by atoms with Crippen LogP contribution in [-0.2, 0) is 6.54 Å². The minimum absolute atomic E-state index is 0.240. The Balaban J connectivity index is 1.80. The zero-order chi connectivity index (χ0) is 12.4. The van der Waals surface area contributed by atoms with E-state index in [1.54, 1.807) is 19.5 Å². The van der Waals surface area contributed by atoms with Gasteiger partial charge in [-0.15, -0.1) is 0 Å². The van der Waals surface area contributed by atoms with E-state index in [2.05, 4.69) is 15.5 Å². The lowest BCUT2D eigenvalue weighted by Crippen LogP contribution is -1.99. The zero-order valence-corrected chi connectivity index (χ0v) is 9.90. The molecule has 0 fully saturated rings. The zero-order valence-electron chi connectivity index (χ0n) is 9.90. The molecular weight excluding hydrogens is 234 g/mol. The van der Waals surface area contributed by atoms with Gasteiger partial charge in [-0.25, -0.2) is 0 Å². The van der Waals surface area contributed by atoms with Gasteiger partial charge in [0.25, 0.3) is 0 Å². The van der Waals surface area contributed by atoms with Crippen molar-refractivity contribution in [1.29, 1.82) is 0 Å². The first-order valence-corrected chi connectivity index (χ1v) is 5.56. The third-order valence-electron chi connectivity index (χ3n) is 2.71. The van der Waals surface area contributed by atoms with Crippen LogP contribution in [0.3, 0.4) is 0 Å². The summed E-state index contributed by atoms with van der Waals surface area (Å²) in [5.74, 6) is 2.08. The van der Waals surface area contributed by atoms with E-state index in [-0.39, 0.29) is 6.79 Å². The molecule has 2 aromatic rings. The van der Waals surface area contributed by atoms with E-state index in [0.717, 1.165) is 17.0 Å². The highest BCUT2D eigenvalue weighted by Gasteiger charge is 2.19. The van der Waals surface area contributed by atoms with Gasteiger partial charge in [-0.1, -0.05) is 0 Å². The molecule has 6 heteroatoms. The Kier molecular flexibility index (Phi) is 2.68. The molecular formula is C12H13N3O3. The molecule has 2 heterocycles. The van der Waals surface area contributed by atoms with Gasteiger partial charge >= 0.3 is 0 Å². The molecule has 0 saturated heterocycles. The third-order valence-corrected chi connectivity index (χ3v) is 2.71. The first-order valence-electron chi connectivity index (χ1n) is 5.56. The number of nitrogens with one attached hydrogen (secondary N) is 2. The normalized spacial score (nSPS) is 12.5. The molecule has 0 bridgehead atoms. The van der Waals surface area contributed by atoms with Crippen molar-refractivity contribution in [1.82, 2.24) is 10.2 Å². The molecule has 0 saturated carbocycles. The number of rotatable bonds is 4. The maximum absolute atomic E-state index is 5.37. The number of anilines is 1. The predicted octanol–water partition coefficient (Wildman–Crippen LogP) is 1.76. The van der Waals surface area contributed by atoms with E-state index in [0.29, 0.717) is 18.0 Å². The molecule has 3 rings (SSSR count). The molecule has 0 aliphatic carbocycles. The molecule has 18 heavy (non-hydrogen) atoms. The molecule has 0 amide bonds. The molecule has 1 aromatic heterocycles. The highest BCUT2D eigenvalue weighted by molar-refractivity contribution is 5.55. The molecule has 0 spiro atoms. The van der Waals surface area contributed by atoms with Crippen LogP contribution in [0.4, 0.5) is 5.69 Å². The van der Waals surface area contributed by atoms with Crippen LogP contribution in [0.15, 0.2) is 24.5 Å². The van der Waals surface area contributed by atoms with Gasteiger partial charge < -0.3 is 19.5 Å². The molecule has 1 aliphatic heterocycles. The summed E-state index contributed by atoms with van der Waals surface area (Å²) in [5.41, 5.74) is 1.99. The van der Waals surface area contributed by atoms with Gasteiger partial charge in [0.1, 0.15) is 0 Å². The number of hydrogen-bond donors (Lipinski definition) is 2. The topological polar surface area (TPSA) is 68.4 Å². The van der Waals surface area contributed by atoms with Crippen LogP contribution in [0.1, 0.15) is 5.56 Å². The van der Waals surface area contributed by atoms with Crippen molar-refractivity contribution >= 4 is 5.69 Å². The number of nitrogens with zero attached hydrogens (tertiary/aromatic N) is 1. The van der Waals surface area contributed by atoms with Gasteiger partial charge in [-0.05, 0) is 17.7 Å². The van der Waals surface area contributed by atoms with Crippen molar-refractivity contribution in [3.8, 4) is 17.2 Å². The molecule has 94 valence electrons. The number of hydrogen-bond acceptors (Lipinski definition) is 5. The standard InChI is InChI=1S/C12H13N3O3/c1-16-10-2-8(3-11-12(10)18-7-17-11)4-13-9-5-14-15-6-9/h2-3,5-6,13H,4,7H2,1H3,(H,14,15). The van der Waals surface area contributed by atoms with Crippen LogP contribution in [0.25, 0.3) is 0 Å². The fraction of sp³-hybridized carbons (Fsp3) is 0.250. The summed E-state index contributed by atoms with van der Waals surface area (Å²) in [6, 6.07) is 3.87. The number of ether oxygens (including phenoxy) is 3. The smallest absolute Gasteiger partial charge is 0.231 e. The van der Waals surface area contributed by atoms with Gasteiger partial charge in [0.2, 0.25) is 12.5 Å². The first-order chi connectivity index (χ1) is 8.86. The summed E-state index contributed by atoms with van der Waals surface area (Å²) < 4.78 is 16.0. The minimum atomic E-state index is 0.240. The maximum atomic E-state index is 5.37. The van der Waals surface area contributed by atoms with E-state index >= 15 is 0 Å². The van der Waals surface area contributed by atoms with E-state index < -0.39 is 0 Å². The van der Waals surface area contributed by atoms with Crippen molar-refractivity contribution in [2.24, 2.45) is 0 Å². The number of fused-ring (bicyclic) bond motifs is 1. The van der Waals surface area contributed by atoms with E-state index in [1.165, 1.54) is 0 Å². The van der Waals surface area contributed by atoms with Crippen LogP contribution < -0.4 is 19.5 Å². The SMILES string of the molecule is COc1cc(CNc2cn[nH]c2)cc2c1OCO2. The average molecular weight is 247 g/mol. The second kappa shape index (κ2) is 4.48. The van der Waals surface area contributed by atoms with Crippen LogP contribution in [0, 0.1) is 0 Å². The molecule has 1 aromatic carbocycles. The Morgan fingerprint density at radius 2 is 2.39 bits per heavy atom. The lowest BCUT2D eigenvalue weighted by molar-refractivity contribution is 0.171. The molecule has 6 nitrogen and oxygen atoms in total. The van der Waals surface area contributed by atoms with Crippen molar-refractivity contribution in [2.75, 3.05) is 19.2 Å². The fourth-order valence-corrected chi connectivity index (χ4v) is 1.84. The number of aromatic nitrogens is 2. The molecule has 0 atom stereocenters. The lowest BCUT2D eigenvalue weighted by Gasteiger charge is -2.09. The Labute approximate surface area is 104 Å². The summed E-state index contributed by atoms with van der Waals surface area (Å²) in [4.78, 5) is 0. The number of benzene rings is 1. The first kappa shape index (κ1) is 10.8. The number of methoxy groups -OCH3 is 1. The highest BCUT2D eigenvalue weighted by atomic mass is 16.7. The lowest BCUT2D eigenvalue weighted by atomic mass is 10.2. The average Bonchev–Trinajstić information content (AvgIpc) is 3.06. The van der Waals surface area contributed by atoms with Gasteiger partial charge in [0, 0.05) is 12.7 Å². The Bertz CT molecular complexity index is 540. The Hall–Kier alpha value is -2.37. The van der Waals surface area contributed by atoms with Crippen LogP contribution in [0.2, 0.25) is 0 Å². The van der Waals surface area contributed by atoms with Gasteiger partial charge in [0.05, 0.1) is 19.0 Å². The summed E-state index contributed by atoms with van der Waals surface area (Å²) in [6.45, 7) is 0.900. The number of aromatic amines is 1. The molecule has 0 radical (unpaired) electrons. The Morgan fingerprint density at radius 1 is 1.44 bits per heavy atom. The van der Waals surface area contributed by atoms with Crippen molar-refractivity contribution in [3.63, 3.8) is 0 Å². The van der Waals surface area contributed by atoms with Crippen LogP contribution in [-0.4, -0.2) is 24.1 Å². The molecule has 2 N–H and O–H groups in total. The van der Waals surface area contributed by atoms with Crippen molar-refractivity contribution in [2.45, 2.75) is 6.54 Å². The molecule has 1 aliphatic rings. The third kappa shape index (κ3) is 1.92. The Morgan fingerprint density at radius 3 is 3.17 bits per heavy atom. The monoisotopic (exact) mass is 247 g/mol. The predicted molar refractivity (Wildman–Crippen MR) is 65.0 cm³/mol. The summed E-state index contributed by atoms with van der Waals surface area (Å²) >= 11 is 0. The fourth-order valence-electron chi connectivity index (χ4n) is 1.84. The summed E-state index contributed by atoms with van der Waals surface area (Å²) in [5, 5.41) is 9.86. The minimum Gasteiger partial charge on any atom is -0.493 e. The van der Waals surface area contributed by atoms with Gasteiger partial charge in [0.15, 0.2) is 11.5 Å². The van der Waals surface area contributed by atoms with E-state index in [1.807, 2.05) is 12.1 Å². The highest BCUT2D eigenvalue weighted by Crippen LogP contribution is 2.41. The van der Waals surface area contributed by atoms with Crippen LogP contribution >= 0.6 is 0 Å². The van der Waals surface area contributed by atoms with E-state index in [9.17, 15) is 0 Å². The summed E-state index contributed by atoms with van der Waals surface area (Å²) in [7, 11) is 1.62. The second-order valence-corrected chi connectivity index (χ2v) is 3.87. The molecule has 0 unspecified atom stereocenters. The summed E-state index contributed by atoms with van der Waals surface area (Å²) in [6.07, 6.45) is 3.52. The second-order valence-electron chi connectivity index (χ2n) is 3.87.